The summed E-state index contributed by atoms with van der Waals surface area (Å²) in [4.78, 5) is 23.5. The van der Waals surface area contributed by atoms with Gasteiger partial charge in [-0.1, -0.05) is 11.6 Å². The second kappa shape index (κ2) is 9.23. The minimum absolute atomic E-state index is 0.144. The molecule has 0 bridgehead atoms. The van der Waals surface area contributed by atoms with Crippen molar-refractivity contribution >= 4 is 23.5 Å². The number of hydrogen-bond donors (Lipinski definition) is 1. The van der Waals surface area contributed by atoms with Crippen LogP contribution in [0.25, 0.3) is 0 Å². The Morgan fingerprint density at radius 1 is 1.30 bits per heavy atom. The van der Waals surface area contributed by atoms with Crippen LogP contribution in [0.2, 0.25) is 5.02 Å². The van der Waals surface area contributed by atoms with Gasteiger partial charge in [0, 0.05) is 23.0 Å². The first kappa shape index (κ1) is 20.5. The number of nitrogens with zero attached hydrogens (tertiary/aromatic N) is 2. The average molecular weight is 392 g/mol. The van der Waals surface area contributed by atoms with Crippen molar-refractivity contribution in [2.75, 3.05) is 6.61 Å². The summed E-state index contributed by atoms with van der Waals surface area (Å²) in [5.41, 5.74) is 2.43. The molecule has 1 heterocycles. The molecule has 0 radical (unpaired) electrons. The quantitative estimate of drug-likeness (QED) is 0.577. The first-order chi connectivity index (χ1) is 12.8. The molecule has 8 heteroatoms. The van der Waals surface area contributed by atoms with Crippen LogP contribution in [-0.4, -0.2) is 28.3 Å². The zero-order chi connectivity index (χ0) is 20.0. The first-order valence-corrected chi connectivity index (χ1v) is 8.77. The third kappa shape index (κ3) is 5.86. The molecule has 0 atom stereocenters. The molecule has 0 aliphatic rings. The Kier molecular flexibility index (Phi) is 7.01. The lowest BCUT2D eigenvalue weighted by atomic mass is 10.1. The summed E-state index contributed by atoms with van der Waals surface area (Å²) in [6, 6.07) is 5.25. The molecule has 1 amide bonds. The van der Waals surface area contributed by atoms with Crippen LogP contribution in [0.3, 0.4) is 0 Å². The topological polar surface area (TPSA) is 82.5 Å². The molecule has 2 rings (SSSR count). The summed E-state index contributed by atoms with van der Waals surface area (Å²) in [5.74, 6) is -0.267. The summed E-state index contributed by atoms with van der Waals surface area (Å²) < 4.78 is 12.0. The SMILES string of the molecule is CCOC(=O)/C=C(\C)NC(=O)c1ccn(COc2cc(C)c(Cl)c(C)c2)n1. The second-order valence-electron chi connectivity index (χ2n) is 5.92. The smallest absolute Gasteiger partial charge is 0.332 e. The van der Waals surface area contributed by atoms with Crippen LogP contribution in [0.15, 0.2) is 36.2 Å². The number of nitrogens with one attached hydrogen (secondary N) is 1. The number of hydrogen-bond acceptors (Lipinski definition) is 5. The van der Waals surface area contributed by atoms with Gasteiger partial charge >= 0.3 is 5.97 Å². The van der Waals surface area contributed by atoms with Gasteiger partial charge in [-0.3, -0.25) is 4.79 Å². The highest BCUT2D eigenvalue weighted by Gasteiger charge is 2.11. The largest absolute Gasteiger partial charge is 0.471 e. The van der Waals surface area contributed by atoms with E-state index in [4.69, 9.17) is 21.1 Å². The van der Waals surface area contributed by atoms with Crippen molar-refractivity contribution in [3.05, 3.63) is 58.0 Å². The van der Waals surface area contributed by atoms with E-state index in [-0.39, 0.29) is 19.0 Å². The molecule has 1 aromatic heterocycles. The number of aromatic nitrogens is 2. The van der Waals surface area contributed by atoms with Gasteiger partial charge in [0.25, 0.3) is 5.91 Å². The lowest BCUT2D eigenvalue weighted by Crippen LogP contribution is -2.23. The summed E-state index contributed by atoms with van der Waals surface area (Å²) in [6.07, 6.45) is 2.85. The molecule has 0 fully saturated rings. The van der Waals surface area contributed by atoms with Crippen LogP contribution in [-0.2, 0) is 16.3 Å². The molecule has 1 N–H and O–H groups in total. The van der Waals surface area contributed by atoms with Gasteiger partial charge < -0.3 is 14.8 Å². The number of aryl methyl sites for hydroxylation is 2. The first-order valence-electron chi connectivity index (χ1n) is 8.39. The number of esters is 1. The van der Waals surface area contributed by atoms with Gasteiger partial charge in [0.05, 0.1) is 6.61 Å². The molecule has 144 valence electrons. The number of carbonyl (C=O) groups is 2. The van der Waals surface area contributed by atoms with Crippen molar-refractivity contribution in [2.24, 2.45) is 0 Å². The summed E-state index contributed by atoms with van der Waals surface area (Å²) >= 11 is 6.14. The molecule has 0 saturated heterocycles. The maximum atomic E-state index is 12.2. The van der Waals surface area contributed by atoms with E-state index in [9.17, 15) is 9.59 Å². The van der Waals surface area contributed by atoms with E-state index in [1.807, 2.05) is 26.0 Å². The number of amides is 1. The Labute approximate surface area is 162 Å². The number of rotatable bonds is 7. The maximum absolute atomic E-state index is 12.2. The van der Waals surface area contributed by atoms with E-state index in [0.717, 1.165) is 11.1 Å². The number of carbonyl (C=O) groups excluding carboxylic acids is 2. The van der Waals surface area contributed by atoms with Crippen molar-refractivity contribution in [1.29, 1.82) is 0 Å². The molecule has 0 saturated carbocycles. The Bertz CT molecular complexity index is 851. The van der Waals surface area contributed by atoms with Gasteiger partial charge in [0.2, 0.25) is 0 Å². The van der Waals surface area contributed by atoms with Crippen LogP contribution in [0.1, 0.15) is 35.5 Å². The highest BCUT2D eigenvalue weighted by molar-refractivity contribution is 6.32. The lowest BCUT2D eigenvalue weighted by Gasteiger charge is -2.10. The molecular formula is C19H22ClN3O4. The molecular weight excluding hydrogens is 370 g/mol. The predicted molar refractivity (Wildman–Crippen MR) is 102 cm³/mol. The summed E-state index contributed by atoms with van der Waals surface area (Å²) in [5, 5.41) is 7.46. The van der Waals surface area contributed by atoms with E-state index in [0.29, 0.717) is 16.5 Å². The predicted octanol–water partition coefficient (Wildman–Crippen LogP) is 3.39. The van der Waals surface area contributed by atoms with Gasteiger partial charge in [-0.25, -0.2) is 9.48 Å². The molecule has 1 aromatic carbocycles. The fourth-order valence-electron chi connectivity index (χ4n) is 2.32. The van der Waals surface area contributed by atoms with Gasteiger partial charge in [0.1, 0.15) is 5.75 Å². The minimum atomic E-state index is -0.511. The highest BCUT2D eigenvalue weighted by Crippen LogP contribution is 2.25. The molecule has 7 nitrogen and oxygen atoms in total. The van der Waals surface area contributed by atoms with Crippen LogP contribution < -0.4 is 10.1 Å². The van der Waals surface area contributed by atoms with Crippen molar-refractivity contribution in [3.63, 3.8) is 0 Å². The fraction of sp³-hybridized carbons (Fsp3) is 0.316. The van der Waals surface area contributed by atoms with Crippen LogP contribution in [0.5, 0.6) is 5.75 Å². The molecule has 2 aromatic rings. The Balaban J connectivity index is 1.96. The van der Waals surface area contributed by atoms with Gasteiger partial charge in [-0.05, 0) is 57.0 Å². The Morgan fingerprint density at radius 3 is 2.59 bits per heavy atom. The van der Waals surface area contributed by atoms with Gasteiger partial charge in [-0.15, -0.1) is 0 Å². The number of benzene rings is 1. The maximum Gasteiger partial charge on any atom is 0.332 e. The zero-order valence-electron chi connectivity index (χ0n) is 15.7. The Hall–Kier alpha value is -2.80. The third-order valence-corrected chi connectivity index (χ3v) is 4.17. The fourth-order valence-corrected chi connectivity index (χ4v) is 2.43. The van der Waals surface area contributed by atoms with E-state index in [1.54, 1.807) is 26.1 Å². The third-order valence-electron chi connectivity index (χ3n) is 3.58. The summed E-state index contributed by atoms with van der Waals surface area (Å²) in [7, 11) is 0. The molecule has 0 aliphatic carbocycles. The van der Waals surface area contributed by atoms with Crippen molar-refractivity contribution in [1.82, 2.24) is 15.1 Å². The van der Waals surface area contributed by atoms with Crippen LogP contribution >= 0.6 is 11.6 Å². The standard InChI is InChI=1S/C19H22ClN3O4/c1-5-26-17(24)10-14(4)21-19(25)16-6-7-23(22-16)11-27-15-8-12(2)18(20)13(3)9-15/h6-10H,5,11H2,1-4H3,(H,21,25)/b14-10+. The van der Waals surface area contributed by atoms with E-state index in [1.165, 1.54) is 10.8 Å². The summed E-state index contributed by atoms with van der Waals surface area (Å²) in [6.45, 7) is 7.54. The lowest BCUT2D eigenvalue weighted by molar-refractivity contribution is -0.137. The normalized spacial score (nSPS) is 11.2. The van der Waals surface area contributed by atoms with Gasteiger partial charge in [0.15, 0.2) is 12.4 Å². The highest BCUT2D eigenvalue weighted by atomic mass is 35.5. The molecule has 27 heavy (non-hydrogen) atoms. The van der Waals surface area contributed by atoms with Crippen molar-refractivity contribution in [3.8, 4) is 5.75 Å². The number of halogens is 1. The number of allylic oxidation sites excluding steroid dienone is 1. The van der Waals surface area contributed by atoms with Gasteiger partial charge in [-0.2, -0.15) is 5.10 Å². The van der Waals surface area contributed by atoms with Crippen molar-refractivity contribution < 1.29 is 19.1 Å². The Morgan fingerprint density at radius 2 is 1.96 bits per heavy atom. The zero-order valence-corrected chi connectivity index (χ0v) is 16.5. The minimum Gasteiger partial charge on any atom is -0.471 e. The van der Waals surface area contributed by atoms with E-state index >= 15 is 0 Å². The molecule has 0 unspecified atom stereocenters. The number of ether oxygens (including phenoxy) is 2. The molecule has 0 spiro atoms. The van der Waals surface area contributed by atoms with E-state index < -0.39 is 11.9 Å². The van der Waals surface area contributed by atoms with Crippen LogP contribution in [0, 0.1) is 13.8 Å². The second-order valence-corrected chi connectivity index (χ2v) is 6.30. The van der Waals surface area contributed by atoms with E-state index in [2.05, 4.69) is 10.4 Å². The van der Waals surface area contributed by atoms with Crippen LogP contribution in [0.4, 0.5) is 0 Å². The van der Waals surface area contributed by atoms with Crippen molar-refractivity contribution in [2.45, 2.75) is 34.4 Å². The average Bonchev–Trinajstić information content (AvgIpc) is 3.07. The molecule has 0 aliphatic heterocycles. The monoisotopic (exact) mass is 391 g/mol.